The third-order valence-corrected chi connectivity index (χ3v) is 3.69. The van der Waals surface area contributed by atoms with Crippen molar-refractivity contribution in [1.29, 1.82) is 0 Å². The number of benzene rings is 1. The lowest BCUT2D eigenvalue weighted by atomic mass is 10.1. The Balaban J connectivity index is 1.82. The van der Waals surface area contributed by atoms with E-state index in [1.165, 1.54) is 0 Å². The van der Waals surface area contributed by atoms with E-state index in [4.69, 9.17) is 5.73 Å². The van der Waals surface area contributed by atoms with Crippen molar-refractivity contribution in [3.05, 3.63) is 60.8 Å². The van der Waals surface area contributed by atoms with E-state index in [1.54, 1.807) is 30.9 Å². The molecule has 122 valence electrons. The van der Waals surface area contributed by atoms with Crippen LogP contribution in [0.2, 0.25) is 0 Å². The van der Waals surface area contributed by atoms with Gasteiger partial charge in [0.25, 0.3) is 0 Å². The number of carbonyl (C=O) groups is 1. The Labute approximate surface area is 139 Å². The van der Waals surface area contributed by atoms with Crippen LogP contribution in [0, 0.1) is 0 Å². The quantitative estimate of drug-likeness (QED) is 0.726. The minimum absolute atomic E-state index is 0.0278. The fourth-order valence-electron chi connectivity index (χ4n) is 2.38. The zero-order valence-electron chi connectivity index (χ0n) is 13.3. The molecule has 3 rings (SSSR count). The molecule has 1 amide bonds. The fourth-order valence-corrected chi connectivity index (χ4v) is 2.38. The molecule has 7 heteroatoms. The molecule has 0 saturated carbocycles. The lowest BCUT2D eigenvalue weighted by Gasteiger charge is -2.18. The van der Waals surface area contributed by atoms with Gasteiger partial charge in [0, 0.05) is 29.7 Å². The predicted molar refractivity (Wildman–Crippen MR) is 91.2 cm³/mol. The van der Waals surface area contributed by atoms with Gasteiger partial charge >= 0.3 is 0 Å². The highest BCUT2D eigenvalue weighted by Gasteiger charge is 2.10. The van der Waals surface area contributed by atoms with E-state index in [-0.39, 0.29) is 6.17 Å². The first kappa shape index (κ1) is 15.7. The van der Waals surface area contributed by atoms with E-state index in [9.17, 15) is 4.79 Å². The summed E-state index contributed by atoms with van der Waals surface area (Å²) in [5.41, 5.74) is 7.39. The molecule has 7 nitrogen and oxygen atoms in total. The molecule has 0 aliphatic rings. The van der Waals surface area contributed by atoms with Gasteiger partial charge in [-0.2, -0.15) is 0 Å². The number of carbonyl (C=O) groups excluding carboxylic acids is 1. The highest BCUT2D eigenvalue weighted by atomic mass is 16.1. The van der Waals surface area contributed by atoms with Crippen molar-refractivity contribution >= 4 is 11.9 Å². The van der Waals surface area contributed by atoms with Crippen LogP contribution in [0.15, 0.2) is 55.2 Å². The molecule has 24 heavy (non-hydrogen) atoms. The molecule has 0 radical (unpaired) electrons. The van der Waals surface area contributed by atoms with Crippen molar-refractivity contribution in [2.24, 2.45) is 5.73 Å². The minimum Gasteiger partial charge on any atom is -0.366 e. The van der Waals surface area contributed by atoms with Gasteiger partial charge in [-0.15, -0.1) is 0 Å². The molecule has 2 aromatic heterocycles. The summed E-state index contributed by atoms with van der Waals surface area (Å²) in [5, 5.41) is 3.30. The maximum atomic E-state index is 11.1. The van der Waals surface area contributed by atoms with Crippen LogP contribution < -0.4 is 11.1 Å². The first-order chi connectivity index (χ1) is 11.7. The number of anilines is 1. The topological polar surface area (TPSA) is 98.7 Å². The second kappa shape index (κ2) is 6.91. The molecule has 1 atom stereocenters. The highest BCUT2D eigenvalue weighted by Crippen LogP contribution is 2.20. The van der Waals surface area contributed by atoms with Crippen LogP contribution in [0.1, 0.15) is 29.9 Å². The predicted octanol–water partition coefficient (Wildman–Crippen LogP) is 2.46. The lowest BCUT2D eigenvalue weighted by Crippen LogP contribution is -2.17. The number of hydrogen-bond donors (Lipinski definition) is 2. The number of nitrogens with two attached hydrogens (primary N) is 1. The van der Waals surface area contributed by atoms with Gasteiger partial charge in [0.05, 0.1) is 12.0 Å². The molecular formula is C17H18N6O. The molecule has 1 unspecified atom stereocenters. The summed E-state index contributed by atoms with van der Waals surface area (Å²) in [6, 6.07) is 8.84. The Morgan fingerprint density at radius 3 is 2.67 bits per heavy atom. The number of imidazole rings is 1. The second-order valence-electron chi connectivity index (χ2n) is 5.29. The minimum atomic E-state index is -0.447. The lowest BCUT2D eigenvalue weighted by molar-refractivity contribution is 0.100. The zero-order valence-corrected chi connectivity index (χ0v) is 13.3. The Hall–Kier alpha value is -3.22. The molecule has 0 aliphatic carbocycles. The monoisotopic (exact) mass is 322 g/mol. The van der Waals surface area contributed by atoms with Gasteiger partial charge in [-0.1, -0.05) is 19.1 Å². The Bertz CT molecular complexity index is 813. The number of nitrogens with zero attached hydrogens (tertiary/aromatic N) is 4. The van der Waals surface area contributed by atoms with Crippen LogP contribution in [0.3, 0.4) is 0 Å². The van der Waals surface area contributed by atoms with Gasteiger partial charge in [0.15, 0.2) is 0 Å². The Morgan fingerprint density at radius 1 is 1.25 bits per heavy atom. The smallest absolute Gasteiger partial charge is 0.248 e. The summed E-state index contributed by atoms with van der Waals surface area (Å²) in [6.45, 7) is 2.07. The van der Waals surface area contributed by atoms with Gasteiger partial charge in [0.1, 0.15) is 6.17 Å². The molecule has 0 spiro atoms. The van der Waals surface area contributed by atoms with Gasteiger partial charge in [-0.25, -0.2) is 15.0 Å². The normalized spacial score (nSPS) is 11.9. The molecule has 1 aromatic carbocycles. The SMILES string of the molecule is CCC(Nc1nccc(-c2ccc(C(N)=O)cc2)n1)n1ccnc1. The molecule has 0 aliphatic heterocycles. The summed E-state index contributed by atoms with van der Waals surface area (Å²) in [6.07, 6.45) is 7.98. The van der Waals surface area contributed by atoms with Crippen LogP contribution in [0.4, 0.5) is 5.95 Å². The molecule has 3 aromatic rings. The molecule has 0 saturated heterocycles. The number of hydrogen-bond acceptors (Lipinski definition) is 5. The number of primary amides is 1. The van der Waals surface area contributed by atoms with E-state index < -0.39 is 5.91 Å². The average Bonchev–Trinajstić information content (AvgIpc) is 3.14. The van der Waals surface area contributed by atoms with Crippen LogP contribution in [-0.2, 0) is 0 Å². The van der Waals surface area contributed by atoms with Crippen LogP contribution in [0.5, 0.6) is 0 Å². The summed E-state index contributed by atoms with van der Waals surface area (Å²) in [5.74, 6) is 0.0877. The van der Waals surface area contributed by atoms with E-state index in [2.05, 4.69) is 27.2 Å². The van der Waals surface area contributed by atoms with E-state index in [1.807, 2.05) is 29.0 Å². The van der Waals surface area contributed by atoms with Gasteiger partial charge in [-0.05, 0) is 24.6 Å². The molecule has 2 heterocycles. The van der Waals surface area contributed by atoms with Crippen molar-refractivity contribution in [2.45, 2.75) is 19.5 Å². The van der Waals surface area contributed by atoms with E-state index in [0.29, 0.717) is 11.5 Å². The van der Waals surface area contributed by atoms with Crippen molar-refractivity contribution in [2.75, 3.05) is 5.32 Å². The Morgan fingerprint density at radius 2 is 2.04 bits per heavy atom. The highest BCUT2D eigenvalue weighted by molar-refractivity contribution is 5.93. The fraction of sp³-hybridized carbons (Fsp3) is 0.176. The zero-order chi connectivity index (χ0) is 16.9. The first-order valence-electron chi connectivity index (χ1n) is 7.64. The molecule has 3 N–H and O–H groups in total. The van der Waals surface area contributed by atoms with Crippen molar-refractivity contribution in [3.63, 3.8) is 0 Å². The van der Waals surface area contributed by atoms with Crippen molar-refractivity contribution < 1.29 is 4.79 Å². The van der Waals surface area contributed by atoms with Crippen molar-refractivity contribution in [1.82, 2.24) is 19.5 Å². The summed E-state index contributed by atoms with van der Waals surface area (Å²) >= 11 is 0. The van der Waals surface area contributed by atoms with Gasteiger partial charge < -0.3 is 15.6 Å². The first-order valence-corrected chi connectivity index (χ1v) is 7.64. The van der Waals surface area contributed by atoms with Crippen LogP contribution in [-0.4, -0.2) is 25.4 Å². The van der Waals surface area contributed by atoms with Crippen LogP contribution >= 0.6 is 0 Å². The van der Waals surface area contributed by atoms with Crippen LogP contribution in [0.25, 0.3) is 11.3 Å². The summed E-state index contributed by atoms with van der Waals surface area (Å²) in [4.78, 5) is 24.0. The second-order valence-corrected chi connectivity index (χ2v) is 5.29. The third kappa shape index (κ3) is 3.40. The van der Waals surface area contributed by atoms with Gasteiger partial charge in [-0.3, -0.25) is 4.79 Å². The maximum absolute atomic E-state index is 11.1. The van der Waals surface area contributed by atoms with Crippen molar-refractivity contribution in [3.8, 4) is 11.3 Å². The molecular weight excluding hydrogens is 304 g/mol. The third-order valence-electron chi connectivity index (χ3n) is 3.69. The van der Waals surface area contributed by atoms with Gasteiger partial charge in [0.2, 0.25) is 11.9 Å². The Kier molecular flexibility index (Phi) is 4.51. The number of nitrogens with one attached hydrogen (secondary N) is 1. The standard InChI is InChI=1S/C17H18N6O/c1-2-15(23-10-9-19-11-23)22-17-20-8-7-14(21-17)12-3-5-13(6-4-12)16(18)24/h3-11,15H,2H2,1H3,(H2,18,24)(H,20,21,22). The van der Waals surface area contributed by atoms with E-state index >= 15 is 0 Å². The van der Waals surface area contributed by atoms with E-state index in [0.717, 1.165) is 17.7 Å². The number of aromatic nitrogens is 4. The number of amides is 1. The molecule has 0 bridgehead atoms. The molecule has 0 fully saturated rings. The summed E-state index contributed by atoms with van der Waals surface area (Å²) in [7, 11) is 0. The average molecular weight is 322 g/mol. The maximum Gasteiger partial charge on any atom is 0.248 e. The largest absolute Gasteiger partial charge is 0.366 e. The summed E-state index contributed by atoms with van der Waals surface area (Å²) < 4.78 is 1.97. The number of rotatable bonds is 6.